The minimum Gasteiger partial charge on any atom is -0.370 e. The van der Waals surface area contributed by atoms with Crippen LogP contribution >= 0.6 is 0 Å². The van der Waals surface area contributed by atoms with Gasteiger partial charge in [0.05, 0.1) is 11.7 Å². The summed E-state index contributed by atoms with van der Waals surface area (Å²) in [6.07, 6.45) is 3.09. The van der Waals surface area contributed by atoms with Gasteiger partial charge in [-0.05, 0) is 37.9 Å². The van der Waals surface area contributed by atoms with Gasteiger partial charge in [0.25, 0.3) is 0 Å². The van der Waals surface area contributed by atoms with Gasteiger partial charge in [0.2, 0.25) is 5.91 Å². The second-order valence-corrected chi connectivity index (χ2v) is 5.18. The van der Waals surface area contributed by atoms with E-state index in [9.17, 15) is 4.79 Å². The van der Waals surface area contributed by atoms with E-state index in [1.54, 1.807) is 7.05 Å². The van der Waals surface area contributed by atoms with Gasteiger partial charge in [-0.3, -0.25) is 9.69 Å². The van der Waals surface area contributed by atoms with Crippen LogP contribution in [0.4, 0.5) is 5.82 Å². The maximum Gasteiger partial charge on any atom is 0.237 e. The summed E-state index contributed by atoms with van der Waals surface area (Å²) in [5.41, 5.74) is 1.02. The molecule has 2 N–H and O–H groups in total. The fourth-order valence-electron chi connectivity index (χ4n) is 2.61. The first kappa shape index (κ1) is 14.8. The zero-order chi connectivity index (χ0) is 14.4. The third-order valence-corrected chi connectivity index (χ3v) is 3.64. The molecule has 0 saturated carbocycles. The summed E-state index contributed by atoms with van der Waals surface area (Å²) in [6, 6.07) is 6.02. The standard InChI is InChI=1S/C15H24N4O/c1-3-9-17-14-8-4-6-12(18-14)11-19-10-5-7-13(19)15(20)16-2/h4,6,8,13H,3,5,7,9-11H2,1-2H3,(H,16,20)(H,17,18). The van der Waals surface area contributed by atoms with Crippen molar-refractivity contribution in [3.63, 3.8) is 0 Å². The van der Waals surface area contributed by atoms with Crippen molar-refractivity contribution in [3.05, 3.63) is 23.9 Å². The van der Waals surface area contributed by atoms with Crippen LogP contribution in [0, 0.1) is 0 Å². The Balaban J connectivity index is 2.00. The van der Waals surface area contributed by atoms with Gasteiger partial charge in [-0.2, -0.15) is 0 Å². The lowest BCUT2D eigenvalue weighted by Gasteiger charge is -2.22. The van der Waals surface area contributed by atoms with E-state index in [-0.39, 0.29) is 11.9 Å². The van der Waals surface area contributed by atoms with E-state index >= 15 is 0 Å². The molecule has 1 unspecified atom stereocenters. The lowest BCUT2D eigenvalue weighted by Crippen LogP contribution is -2.41. The van der Waals surface area contributed by atoms with E-state index in [0.717, 1.165) is 50.4 Å². The van der Waals surface area contributed by atoms with Gasteiger partial charge in [-0.1, -0.05) is 13.0 Å². The summed E-state index contributed by atoms with van der Waals surface area (Å²) in [7, 11) is 1.70. The van der Waals surface area contributed by atoms with Crippen LogP contribution in [0.5, 0.6) is 0 Å². The molecule has 1 aliphatic rings. The summed E-state index contributed by atoms with van der Waals surface area (Å²) in [4.78, 5) is 18.7. The summed E-state index contributed by atoms with van der Waals surface area (Å²) in [5.74, 6) is 1.03. The number of hydrogen-bond acceptors (Lipinski definition) is 4. The van der Waals surface area contributed by atoms with Crippen LogP contribution in [-0.2, 0) is 11.3 Å². The zero-order valence-electron chi connectivity index (χ0n) is 12.4. The molecule has 1 atom stereocenters. The summed E-state index contributed by atoms with van der Waals surface area (Å²) in [6.45, 7) is 4.77. The number of rotatable bonds is 6. The molecule has 5 nitrogen and oxygen atoms in total. The highest BCUT2D eigenvalue weighted by Gasteiger charge is 2.30. The van der Waals surface area contributed by atoms with Crippen LogP contribution < -0.4 is 10.6 Å². The predicted octanol–water partition coefficient (Wildman–Crippen LogP) is 1.61. The Morgan fingerprint density at radius 3 is 3.10 bits per heavy atom. The van der Waals surface area contributed by atoms with E-state index < -0.39 is 0 Å². The number of carbonyl (C=O) groups is 1. The predicted molar refractivity (Wildman–Crippen MR) is 80.5 cm³/mol. The Hall–Kier alpha value is -1.62. The number of likely N-dealkylation sites (tertiary alicyclic amines) is 1. The third kappa shape index (κ3) is 3.70. The number of carbonyl (C=O) groups excluding carboxylic acids is 1. The third-order valence-electron chi connectivity index (χ3n) is 3.64. The van der Waals surface area contributed by atoms with E-state index in [1.165, 1.54) is 0 Å². The topological polar surface area (TPSA) is 57.3 Å². The molecule has 1 aromatic rings. The van der Waals surface area contributed by atoms with Gasteiger partial charge in [0, 0.05) is 20.1 Å². The quantitative estimate of drug-likeness (QED) is 0.829. The number of pyridine rings is 1. The molecular weight excluding hydrogens is 252 g/mol. The van der Waals surface area contributed by atoms with Crippen LogP contribution in [0.3, 0.4) is 0 Å². The van der Waals surface area contributed by atoms with Gasteiger partial charge in [0.1, 0.15) is 5.82 Å². The maximum absolute atomic E-state index is 11.8. The molecule has 0 aliphatic carbocycles. The van der Waals surface area contributed by atoms with Crippen LogP contribution in [0.1, 0.15) is 31.9 Å². The number of anilines is 1. The Labute approximate surface area is 120 Å². The van der Waals surface area contributed by atoms with Gasteiger partial charge < -0.3 is 10.6 Å². The molecule has 20 heavy (non-hydrogen) atoms. The van der Waals surface area contributed by atoms with E-state index in [2.05, 4.69) is 27.4 Å². The van der Waals surface area contributed by atoms with Gasteiger partial charge in [0.15, 0.2) is 0 Å². The Morgan fingerprint density at radius 1 is 1.50 bits per heavy atom. The van der Waals surface area contributed by atoms with Crippen LogP contribution in [0.15, 0.2) is 18.2 Å². The molecule has 110 valence electrons. The smallest absolute Gasteiger partial charge is 0.237 e. The Kier molecular flexibility index (Phi) is 5.35. The number of aromatic nitrogens is 1. The summed E-state index contributed by atoms with van der Waals surface area (Å²) >= 11 is 0. The Morgan fingerprint density at radius 2 is 2.35 bits per heavy atom. The highest BCUT2D eigenvalue weighted by Crippen LogP contribution is 2.20. The van der Waals surface area contributed by atoms with Crippen molar-refractivity contribution in [1.82, 2.24) is 15.2 Å². The largest absolute Gasteiger partial charge is 0.370 e. The molecule has 1 fully saturated rings. The van der Waals surface area contributed by atoms with Crippen molar-refractivity contribution < 1.29 is 4.79 Å². The number of amides is 1. The van der Waals surface area contributed by atoms with Crippen molar-refractivity contribution in [1.29, 1.82) is 0 Å². The van der Waals surface area contributed by atoms with Crippen molar-refractivity contribution in [2.75, 3.05) is 25.5 Å². The van der Waals surface area contributed by atoms with Crippen LogP contribution in [0.2, 0.25) is 0 Å². The van der Waals surface area contributed by atoms with Crippen molar-refractivity contribution in [2.24, 2.45) is 0 Å². The van der Waals surface area contributed by atoms with E-state index in [0.29, 0.717) is 0 Å². The number of nitrogens with zero attached hydrogens (tertiary/aromatic N) is 2. The SMILES string of the molecule is CCCNc1cccc(CN2CCCC2C(=O)NC)n1. The monoisotopic (exact) mass is 276 g/mol. The molecule has 0 bridgehead atoms. The van der Waals surface area contributed by atoms with Crippen LogP contribution in [0.25, 0.3) is 0 Å². The first-order valence-electron chi connectivity index (χ1n) is 7.40. The first-order chi connectivity index (χ1) is 9.74. The highest BCUT2D eigenvalue weighted by atomic mass is 16.2. The average molecular weight is 276 g/mol. The second-order valence-electron chi connectivity index (χ2n) is 5.18. The molecule has 2 rings (SSSR count). The molecule has 5 heteroatoms. The summed E-state index contributed by atoms with van der Waals surface area (Å²) in [5, 5.41) is 6.04. The van der Waals surface area contributed by atoms with Crippen molar-refractivity contribution in [2.45, 2.75) is 38.8 Å². The molecule has 1 aliphatic heterocycles. The van der Waals surface area contributed by atoms with Crippen molar-refractivity contribution >= 4 is 11.7 Å². The molecule has 0 aromatic carbocycles. The minimum absolute atomic E-state index is 0.00550. The summed E-state index contributed by atoms with van der Waals surface area (Å²) < 4.78 is 0. The molecule has 0 spiro atoms. The Bertz CT molecular complexity index is 449. The van der Waals surface area contributed by atoms with Gasteiger partial charge >= 0.3 is 0 Å². The second kappa shape index (κ2) is 7.24. The average Bonchev–Trinajstić information content (AvgIpc) is 2.93. The number of likely N-dealkylation sites (N-methyl/N-ethyl adjacent to an activating group) is 1. The fraction of sp³-hybridized carbons (Fsp3) is 0.600. The highest BCUT2D eigenvalue weighted by molar-refractivity contribution is 5.81. The van der Waals surface area contributed by atoms with E-state index in [1.807, 2.05) is 18.2 Å². The van der Waals surface area contributed by atoms with Gasteiger partial charge in [-0.15, -0.1) is 0 Å². The maximum atomic E-state index is 11.8. The normalized spacial score (nSPS) is 19.0. The van der Waals surface area contributed by atoms with Crippen molar-refractivity contribution in [3.8, 4) is 0 Å². The number of hydrogen-bond donors (Lipinski definition) is 2. The fourth-order valence-corrected chi connectivity index (χ4v) is 2.61. The number of nitrogens with one attached hydrogen (secondary N) is 2. The minimum atomic E-state index is -0.00550. The van der Waals surface area contributed by atoms with E-state index in [4.69, 9.17) is 0 Å². The molecule has 2 heterocycles. The molecular formula is C15H24N4O. The molecule has 0 radical (unpaired) electrons. The zero-order valence-corrected chi connectivity index (χ0v) is 12.4. The lowest BCUT2D eigenvalue weighted by atomic mass is 10.2. The molecule has 1 aromatic heterocycles. The molecule has 1 amide bonds. The lowest BCUT2D eigenvalue weighted by molar-refractivity contribution is -0.125. The van der Waals surface area contributed by atoms with Gasteiger partial charge in [-0.25, -0.2) is 4.98 Å². The van der Waals surface area contributed by atoms with Crippen LogP contribution in [-0.4, -0.2) is 42.0 Å². The molecule has 1 saturated heterocycles. The first-order valence-corrected chi connectivity index (χ1v) is 7.40.